The highest BCUT2D eigenvalue weighted by atomic mass is 19.1. The van der Waals surface area contributed by atoms with Crippen molar-refractivity contribution in [3.8, 4) is 5.75 Å². The zero-order chi connectivity index (χ0) is 22.2. The van der Waals surface area contributed by atoms with Gasteiger partial charge in [0.05, 0.1) is 13.7 Å². The Morgan fingerprint density at radius 3 is 2.61 bits per heavy atom. The van der Waals surface area contributed by atoms with Gasteiger partial charge in [-0.05, 0) is 48.7 Å². The summed E-state index contributed by atoms with van der Waals surface area (Å²) in [7, 11) is 1.63. The van der Waals surface area contributed by atoms with E-state index in [2.05, 4.69) is 15.2 Å². The van der Waals surface area contributed by atoms with Crippen LogP contribution in [0.1, 0.15) is 47.8 Å². The molecule has 6 nitrogen and oxygen atoms in total. The molecule has 3 aromatic rings. The summed E-state index contributed by atoms with van der Waals surface area (Å²) in [6.45, 7) is 5.51. The highest BCUT2D eigenvalue weighted by Gasteiger charge is 2.17. The number of carbonyl (C=O) groups excluding carboxylic acids is 1. The molecule has 1 amide bonds. The van der Waals surface area contributed by atoms with Crippen molar-refractivity contribution in [2.24, 2.45) is 0 Å². The van der Waals surface area contributed by atoms with Gasteiger partial charge in [-0.25, -0.2) is 9.37 Å². The van der Waals surface area contributed by atoms with Crippen molar-refractivity contribution in [1.82, 2.24) is 15.2 Å². The van der Waals surface area contributed by atoms with Gasteiger partial charge in [0.2, 0.25) is 5.89 Å². The third kappa shape index (κ3) is 6.65. The lowest BCUT2D eigenvalue weighted by Crippen LogP contribution is -2.32. The van der Waals surface area contributed by atoms with Gasteiger partial charge in [0.25, 0.3) is 5.91 Å². The molecular formula is C24H28FN3O3. The largest absolute Gasteiger partial charge is 0.497 e. The molecule has 1 atom stereocenters. The second-order valence-electron chi connectivity index (χ2n) is 7.53. The fourth-order valence-electron chi connectivity index (χ4n) is 3.12. The second kappa shape index (κ2) is 10.7. The van der Waals surface area contributed by atoms with Crippen LogP contribution < -0.4 is 10.1 Å². The Hall–Kier alpha value is -3.19. The summed E-state index contributed by atoms with van der Waals surface area (Å²) >= 11 is 0. The molecule has 0 unspecified atom stereocenters. The van der Waals surface area contributed by atoms with E-state index >= 15 is 0 Å². The summed E-state index contributed by atoms with van der Waals surface area (Å²) in [4.78, 5) is 18.8. The number of oxazole rings is 1. The number of amides is 1. The number of methoxy groups -OCH3 is 1. The minimum Gasteiger partial charge on any atom is -0.497 e. The predicted octanol–water partition coefficient (Wildman–Crippen LogP) is 4.55. The number of nitrogens with one attached hydrogen (secondary N) is 1. The first-order valence-electron chi connectivity index (χ1n) is 10.3. The van der Waals surface area contributed by atoms with Crippen LogP contribution in [0, 0.1) is 5.82 Å². The highest BCUT2D eigenvalue weighted by Crippen LogP contribution is 2.18. The summed E-state index contributed by atoms with van der Waals surface area (Å²) in [5.41, 5.74) is 2.28. The van der Waals surface area contributed by atoms with E-state index in [1.54, 1.807) is 19.2 Å². The van der Waals surface area contributed by atoms with Crippen LogP contribution in [0.2, 0.25) is 0 Å². The monoisotopic (exact) mass is 425 g/mol. The number of aromatic nitrogens is 1. The van der Waals surface area contributed by atoms with Crippen LogP contribution in [0.15, 0.2) is 59.2 Å². The SMILES string of the molecule is CC[C@H](C)NC(=O)c1coc(CN(Cc2ccc(F)cc2)Cc2cccc(OC)c2)n1. The number of hydrogen-bond donors (Lipinski definition) is 1. The number of ether oxygens (including phenoxy) is 1. The van der Waals surface area contributed by atoms with Crippen molar-refractivity contribution < 1.29 is 18.3 Å². The van der Waals surface area contributed by atoms with Crippen molar-refractivity contribution in [2.75, 3.05) is 7.11 Å². The van der Waals surface area contributed by atoms with E-state index in [1.807, 2.05) is 38.1 Å². The van der Waals surface area contributed by atoms with Gasteiger partial charge in [-0.3, -0.25) is 9.69 Å². The highest BCUT2D eigenvalue weighted by molar-refractivity contribution is 5.92. The summed E-state index contributed by atoms with van der Waals surface area (Å²) in [6.07, 6.45) is 2.22. The lowest BCUT2D eigenvalue weighted by atomic mass is 10.1. The van der Waals surface area contributed by atoms with Gasteiger partial charge >= 0.3 is 0 Å². The number of nitrogens with zero attached hydrogens (tertiary/aromatic N) is 2. The van der Waals surface area contributed by atoms with Gasteiger partial charge in [-0.15, -0.1) is 0 Å². The molecule has 3 rings (SSSR count). The number of hydrogen-bond acceptors (Lipinski definition) is 5. The molecule has 1 heterocycles. The Balaban J connectivity index is 1.75. The zero-order valence-electron chi connectivity index (χ0n) is 18.1. The van der Waals surface area contributed by atoms with Gasteiger partial charge in [-0.1, -0.05) is 31.2 Å². The topological polar surface area (TPSA) is 67.6 Å². The molecule has 31 heavy (non-hydrogen) atoms. The van der Waals surface area contributed by atoms with Crippen molar-refractivity contribution in [1.29, 1.82) is 0 Å². The Morgan fingerprint density at radius 2 is 1.90 bits per heavy atom. The Morgan fingerprint density at radius 1 is 1.16 bits per heavy atom. The van der Waals surface area contributed by atoms with Crippen LogP contribution >= 0.6 is 0 Å². The summed E-state index contributed by atoms with van der Waals surface area (Å²) in [5, 5.41) is 2.89. The molecule has 0 saturated carbocycles. The lowest BCUT2D eigenvalue weighted by Gasteiger charge is -2.21. The smallest absolute Gasteiger partial charge is 0.273 e. The molecule has 0 spiro atoms. The molecule has 0 fully saturated rings. The number of benzene rings is 2. The Kier molecular flexibility index (Phi) is 7.78. The fourth-order valence-corrected chi connectivity index (χ4v) is 3.12. The van der Waals surface area contributed by atoms with Gasteiger partial charge in [-0.2, -0.15) is 0 Å². The molecule has 0 aliphatic rings. The molecule has 7 heteroatoms. The third-order valence-corrected chi connectivity index (χ3v) is 4.99. The first-order chi connectivity index (χ1) is 15.0. The maximum absolute atomic E-state index is 13.3. The van der Waals surface area contributed by atoms with Crippen LogP contribution in [0.4, 0.5) is 4.39 Å². The van der Waals surface area contributed by atoms with Crippen LogP contribution in [0.5, 0.6) is 5.75 Å². The van der Waals surface area contributed by atoms with Crippen LogP contribution in [0.25, 0.3) is 0 Å². The molecule has 0 saturated heterocycles. The van der Waals surface area contributed by atoms with E-state index in [-0.39, 0.29) is 23.5 Å². The van der Waals surface area contributed by atoms with E-state index in [0.717, 1.165) is 23.3 Å². The summed E-state index contributed by atoms with van der Waals surface area (Å²) in [5.74, 6) is 0.702. The van der Waals surface area contributed by atoms with E-state index in [1.165, 1.54) is 18.4 Å². The molecule has 0 bridgehead atoms. The van der Waals surface area contributed by atoms with Gasteiger partial charge in [0.15, 0.2) is 5.69 Å². The second-order valence-corrected chi connectivity index (χ2v) is 7.53. The molecule has 1 aromatic heterocycles. The molecule has 2 aromatic carbocycles. The number of rotatable bonds is 10. The van der Waals surface area contributed by atoms with Crippen LogP contribution in [-0.4, -0.2) is 28.9 Å². The Bertz CT molecular complexity index is 988. The molecule has 0 aliphatic heterocycles. The average Bonchev–Trinajstić information content (AvgIpc) is 3.24. The van der Waals surface area contributed by atoms with Gasteiger partial charge < -0.3 is 14.5 Å². The lowest BCUT2D eigenvalue weighted by molar-refractivity contribution is 0.0934. The molecule has 0 radical (unpaired) electrons. The van der Waals surface area contributed by atoms with Gasteiger partial charge in [0.1, 0.15) is 17.8 Å². The molecule has 0 aliphatic carbocycles. The first kappa shape index (κ1) is 22.5. The zero-order valence-corrected chi connectivity index (χ0v) is 18.1. The number of carbonyl (C=O) groups is 1. The minimum atomic E-state index is -0.271. The first-order valence-corrected chi connectivity index (χ1v) is 10.3. The van der Waals surface area contributed by atoms with Crippen molar-refractivity contribution in [3.63, 3.8) is 0 Å². The molecular weight excluding hydrogens is 397 g/mol. The Labute approximate surface area is 182 Å². The maximum atomic E-state index is 13.3. The normalized spacial score (nSPS) is 12.0. The average molecular weight is 426 g/mol. The summed E-state index contributed by atoms with van der Waals surface area (Å²) in [6, 6.07) is 14.3. The van der Waals surface area contributed by atoms with E-state index in [0.29, 0.717) is 25.5 Å². The van der Waals surface area contributed by atoms with Gasteiger partial charge in [0, 0.05) is 19.1 Å². The maximum Gasteiger partial charge on any atom is 0.273 e. The summed E-state index contributed by atoms with van der Waals surface area (Å²) < 4.78 is 24.2. The van der Waals surface area contributed by atoms with E-state index in [9.17, 15) is 9.18 Å². The standard InChI is InChI=1S/C24H28FN3O3/c1-4-17(2)26-24(29)22-16-31-23(27-22)15-28(13-18-8-10-20(25)11-9-18)14-19-6-5-7-21(12-19)30-3/h5-12,16-17H,4,13-15H2,1-3H3,(H,26,29)/t17-/m0/s1. The third-order valence-electron chi connectivity index (χ3n) is 4.99. The van der Waals surface area contributed by atoms with Crippen molar-refractivity contribution in [3.05, 3.63) is 83.3 Å². The molecule has 164 valence electrons. The van der Waals surface area contributed by atoms with Crippen molar-refractivity contribution >= 4 is 5.91 Å². The van der Waals surface area contributed by atoms with Crippen LogP contribution in [-0.2, 0) is 19.6 Å². The quantitative estimate of drug-likeness (QED) is 0.516. The van der Waals surface area contributed by atoms with Crippen LogP contribution in [0.3, 0.4) is 0 Å². The van der Waals surface area contributed by atoms with E-state index < -0.39 is 0 Å². The molecule has 1 N–H and O–H groups in total. The van der Waals surface area contributed by atoms with Crippen molar-refractivity contribution in [2.45, 2.75) is 45.9 Å². The predicted molar refractivity (Wildman–Crippen MR) is 116 cm³/mol. The minimum absolute atomic E-state index is 0.0654. The van der Waals surface area contributed by atoms with E-state index in [4.69, 9.17) is 9.15 Å². The fraction of sp³-hybridized carbons (Fsp3) is 0.333. The number of halogens is 1.